The van der Waals surface area contributed by atoms with E-state index in [1.807, 2.05) is 5.10 Å². The van der Waals surface area contributed by atoms with Crippen LogP contribution in [0.2, 0.25) is 0 Å². The molecule has 0 saturated carbocycles. The number of aromatic amines is 1. The van der Waals surface area contributed by atoms with Gasteiger partial charge in [0, 0.05) is 10.4 Å². The van der Waals surface area contributed by atoms with Gasteiger partial charge in [0.2, 0.25) is 0 Å². The number of rotatable bonds is 2. The lowest BCUT2D eigenvalue weighted by Gasteiger charge is -2.07. The largest absolute Gasteiger partial charge is 0.433 e. The van der Waals surface area contributed by atoms with Crippen LogP contribution >= 0.6 is 15.9 Å². The minimum absolute atomic E-state index is 0.00574. The van der Waals surface area contributed by atoms with Gasteiger partial charge in [0.15, 0.2) is 0 Å². The van der Waals surface area contributed by atoms with Crippen molar-refractivity contribution in [3.8, 4) is 0 Å². The Labute approximate surface area is 81.7 Å². The predicted octanol–water partition coefficient (Wildman–Crippen LogP) is 2.75. The van der Waals surface area contributed by atoms with Crippen molar-refractivity contribution >= 4 is 15.9 Å². The van der Waals surface area contributed by atoms with Gasteiger partial charge in [0.25, 0.3) is 0 Å². The van der Waals surface area contributed by atoms with Gasteiger partial charge in [-0.1, -0.05) is 22.9 Å². The van der Waals surface area contributed by atoms with Crippen LogP contribution < -0.4 is 0 Å². The molecule has 0 bridgehead atoms. The molecule has 1 N–H and O–H groups in total. The second-order valence-corrected chi connectivity index (χ2v) is 4.32. The molecule has 1 heterocycles. The Morgan fingerprint density at radius 3 is 2.69 bits per heavy atom. The summed E-state index contributed by atoms with van der Waals surface area (Å²) in [4.78, 5) is 0.00574. The van der Waals surface area contributed by atoms with Crippen LogP contribution in [-0.4, -0.2) is 15.0 Å². The van der Waals surface area contributed by atoms with Gasteiger partial charge in [0.1, 0.15) is 5.69 Å². The molecule has 1 aromatic rings. The molecule has 6 heteroatoms. The minimum atomic E-state index is -4.34. The van der Waals surface area contributed by atoms with Gasteiger partial charge in [-0.05, 0) is 6.42 Å². The molecule has 0 aliphatic rings. The van der Waals surface area contributed by atoms with Crippen molar-refractivity contribution < 1.29 is 13.2 Å². The summed E-state index contributed by atoms with van der Waals surface area (Å²) < 4.78 is 36.7. The highest BCUT2D eigenvalue weighted by Gasteiger charge is 2.35. The molecule has 0 aromatic carbocycles. The molecule has 1 aromatic heterocycles. The zero-order valence-corrected chi connectivity index (χ0v) is 8.41. The second kappa shape index (κ2) is 3.69. The molecule has 0 aliphatic carbocycles. The second-order valence-electron chi connectivity index (χ2n) is 2.75. The maximum absolute atomic E-state index is 12.2. The summed E-state index contributed by atoms with van der Waals surface area (Å²) in [5.74, 6) is 0. The zero-order valence-electron chi connectivity index (χ0n) is 6.82. The Morgan fingerprint density at radius 1 is 1.62 bits per heavy atom. The normalized spacial score (nSPS) is 14.5. The molecule has 13 heavy (non-hydrogen) atoms. The molecule has 2 nitrogen and oxygen atoms in total. The lowest BCUT2D eigenvalue weighted by molar-refractivity contribution is -0.141. The van der Waals surface area contributed by atoms with Crippen LogP contribution in [0.1, 0.15) is 18.2 Å². The molecule has 0 aliphatic heterocycles. The third-order valence-corrected chi connectivity index (χ3v) is 1.83. The predicted molar refractivity (Wildman–Crippen MR) is 45.7 cm³/mol. The third-order valence-electron chi connectivity index (χ3n) is 1.50. The van der Waals surface area contributed by atoms with Crippen LogP contribution in [0.4, 0.5) is 13.2 Å². The lowest BCUT2D eigenvalue weighted by Crippen LogP contribution is -2.10. The van der Waals surface area contributed by atoms with Crippen LogP contribution in [0.15, 0.2) is 6.20 Å². The maximum Gasteiger partial charge on any atom is 0.433 e. The van der Waals surface area contributed by atoms with Gasteiger partial charge in [0.05, 0.1) is 6.20 Å². The fraction of sp³-hybridized carbons (Fsp3) is 0.571. The van der Waals surface area contributed by atoms with Gasteiger partial charge in [-0.25, -0.2) is 0 Å². The quantitative estimate of drug-likeness (QED) is 0.811. The van der Waals surface area contributed by atoms with Crippen LogP contribution in [0, 0.1) is 0 Å². The number of hydrogen-bond acceptors (Lipinski definition) is 1. The van der Waals surface area contributed by atoms with E-state index in [4.69, 9.17) is 0 Å². The van der Waals surface area contributed by atoms with Crippen molar-refractivity contribution in [1.29, 1.82) is 0 Å². The smallest absolute Gasteiger partial charge is 0.273 e. The highest BCUT2D eigenvalue weighted by molar-refractivity contribution is 9.09. The number of H-pyrrole nitrogens is 1. The molecule has 0 saturated heterocycles. The van der Waals surface area contributed by atoms with E-state index in [9.17, 15) is 13.2 Å². The third kappa shape index (κ3) is 2.72. The molecule has 0 spiro atoms. The maximum atomic E-state index is 12.2. The fourth-order valence-electron chi connectivity index (χ4n) is 1.01. The van der Waals surface area contributed by atoms with E-state index in [1.54, 1.807) is 6.92 Å². The van der Waals surface area contributed by atoms with Crippen molar-refractivity contribution in [1.82, 2.24) is 10.2 Å². The number of nitrogens with one attached hydrogen (secondary N) is 1. The zero-order chi connectivity index (χ0) is 10.1. The summed E-state index contributed by atoms with van der Waals surface area (Å²) in [6.45, 7) is 1.78. The number of halogens is 4. The van der Waals surface area contributed by atoms with Crippen molar-refractivity contribution in [3.63, 3.8) is 0 Å². The Hall–Kier alpha value is -0.520. The van der Waals surface area contributed by atoms with Gasteiger partial charge < -0.3 is 0 Å². The standard InChI is InChI=1S/C7H8BrF3N2/c1-4(8)2-5-3-12-13-6(5)7(9,10)11/h3-4H,2H2,1H3,(H,12,13). The molecular weight excluding hydrogens is 249 g/mol. The van der Waals surface area contributed by atoms with Gasteiger partial charge in [-0.2, -0.15) is 18.3 Å². The molecule has 0 radical (unpaired) electrons. The molecule has 0 amide bonds. The van der Waals surface area contributed by atoms with Crippen molar-refractivity contribution in [2.24, 2.45) is 0 Å². The first-order chi connectivity index (χ1) is 5.91. The van der Waals surface area contributed by atoms with Crippen LogP contribution in [0.3, 0.4) is 0 Å². The summed E-state index contributed by atoms with van der Waals surface area (Å²) in [5.41, 5.74) is -0.560. The van der Waals surface area contributed by atoms with E-state index in [2.05, 4.69) is 21.0 Å². The highest BCUT2D eigenvalue weighted by Crippen LogP contribution is 2.30. The average Bonchev–Trinajstić information content (AvgIpc) is 2.31. The van der Waals surface area contributed by atoms with Gasteiger partial charge in [-0.15, -0.1) is 0 Å². The Balaban J connectivity index is 2.90. The van der Waals surface area contributed by atoms with Crippen molar-refractivity contribution in [2.45, 2.75) is 24.3 Å². The van der Waals surface area contributed by atoms with Crippen LogP contribution in [-0.2, 0) is 12.6 Å². The number of hydrogen-bond donors (Lipinski definition) is 1. The summed E-state index contributed by atoms with van der Waals surface area (Å²) in [5, 5.41) is 5.33. The van der Waals surface area contributed by atoms with E-state index < -0.39 is 11.9 Å². The minimum Gasteiger partial charge on any atom is -0.273 e. The average molecular weight is 257 g/mol. The van der Waals surface area contributed by atoms with E-state index in [-0.39, 0.29) is 10.4 Å². The SMILES string of the molecule is CC(Br)Cc1cn[nH]c1C(F)(F)F. The number of nitrogens with zero attached hydrogens (tertiary/aromatic N) is 1. The summed E-state index contributed by atoms with van der Waals surface area (Å²) in [6, 6.07) is 0. The molecule has 74 valence electrons. The van der Waals surface area contributed by atoms with E-state index in [1.165, 1.54) is 6.20 Å². The summed E-state index contributed by atoms with van der Waals surface area (Å²) in [7, 11) is 0. The molecular formula is C7H8BrF3N2. The Kier molecular flexibility index (Phi) is 3.00. The summed E-state index contributed by atoms with van der Waals surface area (Å²) in [6.07, 6.45) is -2.82. The monoisotopic (exact) mass is 256 g/mol. The first-order valence-corrected chi connectivity index (χ1v) is 4.56. The first kappa shape index (κ1) is 10.6. The van der Waals surface area contributed by atoms with Gasteiger partial charge in [-0.3, -0.25) is 5.10 Å². The van der Waals surface area contributed by atoms with Crippen LogP contribution in [0.5, 0.6) is 0 Å². The van der Waals surface area contributed by atoms with Crippen molar-refractivity contribution in [2.75, 3.05) is 0 Å². The topological polar surface area (TPSA) is 28.7 Å². The summed E-state index contributed by atoms with van der Waals surface area (Å²) >= 11 is 3.19. The first-order valence-electron chi connectivity index (χ1n) is 3.64. The molecule has 1 rings (SSSR count). The van der Waals surface area contributed by atoms with Gasteiger partial charge >= 0.3 is 6.18 Å². The Bertz CT molecular complexity index is 280. The molecule has 1 atom stereocenters. The molecule has 1 unspecified atom stereocenters. The fourth-order valence-corrected chi connectivity index (χ4v) is 1.36. The Morgan fingerprint density at radius 2 is 2.23 bits per heavy atom. The van der Waals surface area contributed by atoms with E-state index in [0.717, 1.165) is 0 Å². The van der Waals surface area contributed by atoms with E-state index in [0.29, 0.717) is 6.42 Å². The number of alkyl halides is 4. The van der Waals surface area contributed by atoms with Crippen LogP contribution in [0.25, 0.3) is 0 Å². The number of aromatic nitrogens is 2. The lowest BCUT2D eigenvalue weighted by atomic mass is 10.1. The highest BCUT2D eigenvalue weighted by atomic mass is 79.9. The molecule has 0 fully saturated rings. The van der Waals surface area contributed by atoms with E-state index >= 15 is 0 Å². The van der Waals surface area contributed by atoms with Crippen molar-refractivity contribution in [3.05, 3.63) is 17.5 Å².